The number of Topliss-reactive ketones (excluding diaryl/α,β-unsaturated/α-hetero) is 3. The molecule has 6 nitrogen and oxygen atoms in total. The van der Waals surface area contributed by atoms with Gasteiger partial charge in [-0.15, -0.1) is 0 Å². The molecule has 0 aliphatic heterocycles. The molecule has 0 heterocycles. The number of rotatable bonds is 6. The van der Waals surface area contributed by atoms with Crippen molar-refractivity contribution in [3.8, 4) is 5.75 Å². The Bertz CT molecular complexity index is 938. The Labute approximate surface area is 189 Å². The molecule has 5 unspecified atom stereocenters. The smallest absolute Gasteiger partial charge is 0.220 e. The maximum absolute atomic E-state index is 13.3. The summed E-state index contributed by atoms with van der Waals surface area (Å²) in [7, 11) is 1.61. The number of benzene rings is 1. The van der Waals surface area contributed by atoms with E-state index in [0.29, 0.717) is 32.2 Å². The lowest BCUT2D eigenvalue weighted by atomic mass is 9.48. The molecule has 5 atom stereocenters. The molecule has 3 saturated carbocycles. The number of nitrogens with one attached hydrogen (secondary N) is 1. The number of carbonyl (C=O) groups excluding carboxylic acids is 4. The predicted octanol–water partition coefficient (Wildman–Crippen LogP) is 3.65. The van der Waals surface area contributed by atoms with Crippen molar-refractivity contribution in [3.63, 3.8) is 0 Å². The molecule has 1 N–H and O–H groups in total. The number of amides is 1. The molecule has 3 aliphatic carbocycles. The molecule has 32 heavy (non-hydrogen) atoms. The van der Waals surface area contributed by atoms with Crippen molar-refractivity contribution in [3.05, 3.63) is 29.8 Å². The quantitative estimate of drug-likeness (QED) is 0.731. The third kappa shape index (κ3) is 3.78. The van der Waals surface area contributed by atoms with Crippen molar-refractivity contribution < 1.29 is 23.9 Å². The Morgan fingerprint density at radius 2 is 1.75 bits per heavy atom. The van der Waals surface area contributed by atoms with Crippen LogP contribution in [-0.2, 0) is 25.7 Å². The zero-order valence-corrected chi connectivity index (χ0v) is 19.2. The molecule has 6 heteroatoms. The van der Waals surface area contributed by atoms with Gasteiger partial charge >= 0.3 is 0 Å². The minimum absolute atomic E-state index is 0.0400. The lowest BCUT2D eigenvalue weighted by molar-refractivity contribution is -0.160. The second-order valence-corrected chi connectivity index (χ2v) is 10.3. The standard InChI is InChI=1S/C26H33NO5/c1-25(13-12-23(31)27-15-16-4-6-17(32-3)7-5-16)21(29)10-8-18-19-9-11-22(30)26(19,2)14-20(28)24(18)25/h4-7,18-19,24H,8-15H2,1-3H3,(H,27,31). The number of hydrogen-bond acceptors (Lipinski definition) is 5. The van der Waals surface area contributed by atoms with Gasteiger partial charge in [-0.25, -0.2) is 0 Å². The van der Waals surface area contributed by atoms with E-state index in [1.807, 2.05) is 38.1 Å². The fraction of sp³-hybridized carbons (Fsp3) is 0.615. The van der Waals surface area contributed by atoms with Crippen LogP contribution in [0, 0.1) is 28.6 Å². The zero-order chi connectivity index (χ0) is 23.1. The van der Waals surface area contributed by atoms with Gasteiger partial charge in [0.2, 0.25) is 5.91 Å². The highest BCUT2D eigenvalue weighted by atomic mass is 16.5. The van der Waals surface area contributed by atoms with Gasteiger partial charge in [-0.05, 0) is 48.8 Å². The van der Waals surface area contributed by atoms with Gasteiger partial charge < -0.3 is 10.1 Å². The van der Waals surface area contributed by atoms with E-state index in [1.54, 1.807) is 7.11 Å². The van der Waals surface area contributed by atoms with Gasteiger partial charge in [0, 0.05) is 49.0 Å². The number of ether oxygens (including phenoxy) is 1. The first-order valence-corrected chi connectivity index (χ1v) is 11.7. The first-order valence-electron chi connectivity index (χ1n) is 11.7. The van der Waals surface area contributed by atoms with Crippen LogP contribution in [0.4, 0.5) is 0 Å². The molecule has 1 amide bonds. The van der Waals surface area contributed by atoms with Crippen LogP contribution < -0.4 is 10.1 Å². The monoisotopic (exact) mass is 439 g/mol. The minimum atomic E-state index is -0.829. The van der Waals surface area contributed by atoms with Gasteiger partial charge in [0.1, 0.15) is 23.1 Å². The molecular formula is C26H33NO5. The van der Waals surface area contributed by atoms with Gasteiger partial charge in [-0.1, -0.05) is 26.0 Å². The summed E-state index contributed by atoms with van der Waals surface area (Å²) >= 11 is 0. The van der Waals surface area contributed by atoms with Crippen LogP contribution in [0.15, 0.2) is 24.3 Å². The summed E-state index contributed by atoms with van der Waals surface area (Å²) in [6.07, 6.45) is 3.28. The van der Waals surface area contributed by atoms with E-state index < -0.39 is 10.8 Å². The van der Waals surface area contributed by atoms with E-state index in [1.165, 1.54) is 0 Å². The van der Waals surface area contributed by atoms with Crippen LogP contribution in [0.3, 0.4) is 0 Å². The molecule has 0 bridgehead atoms. The zero-order valence-electron chi connectivity index (χ0n) is 19.2. The van der Waals surface area contributed by atoms with Crippen LogP contribution in [0.5, 0.6) is 5.75 Å². The van der Waals surface area contributed by atoms with Gasteiger partial charge in [0.05, 0.1) is 7.11 Å². The summed E-state index contributed by atoms with van der Waals surface area (Å²) in [5.74, 6) is 0.831. The maximum atomic E-state index is 13.3. The molecule has 0 aromatic heterocycles. The molecule has 4 rings (SSSR count). The van der Waals surface area contributed by atoms with Crippen LogP contribution in [0.1, 0.15) is 64.4 Å². The number of ketones is 3. The highest BCUT2D eigenvalue weighted by Gasteiger charge is 2.62. The lowest BCUT2D eigenvalue weighted by Crippen LogP contribution is -2.56. The van der Waals surface area contributed by atoms with E-state index in [4.69, 9.17) is 4.74 Å². The highest BCUT2D eigenvalue weighted by Crippen LogP contribution is 2.60. The van der Waals surface area contributed by atoms with Crippen molar-refractivity contribution >= 4 is 23.3 Å². The lowest BCUT2D eigenvalue weighted by Gasteiger charge is -2.52. The van der Waals surface area contributed by atoms with Crippen LogP contribution in [0.25, 0.3) is 0 Å². The largest absolute Gasteiger partial charge is 0.497 e. The molecule has 1 aromatic carbocycles. The maximum Gasteiger partial charge on any atom is 0.220 e. The van der Waals surface area contributed by atoms with E-state index in [2.05, 4.69) is 5.32 Å². The first kappa shape index (κ1) is 22.7. The van der Waals surface area contributed by atoms with Crippen molar-refractivity contribution in [2.75, 3.05) is 7.11 Å². The van der Waals surface area contributed by atoms with Crippen LogP contribution in [-0.4, -0.2) is 30.4 Å². The molecule has 0 spiro atoms. The van der Waals surface area contributed by atoms with Gasteiger partial charge in [-0.2, -0.15) is 0 Å². The normalized spacial score (nSPS) is 34.1. The first-order chi connectivity index (χ1) is 15.2. The third-order valence-electron chi connectivity index (χ3n) is 8.52. The summed E-state index contributed by atoms with van der Waals surface area (Å²) < 4.78 is 5.15. The fourth-order valence-electron chi connectivity index (χ4n) is 6.61. The summed E-state index contributed by atoms with van der Waals surface area (Å²) in [5.41, 5.74) is -0.425. The fourth-order valence-corrected chi connectivity index (χ4v) is 6.61. The van der Waals surface area contributed by atoms with E-state index in [0.717, 1.165) is 17.7 Å². The van der Waals surface area contributed by atoms with Crippen molar-refractivity contribution in [1.82, 2.24) is 5.32 Å². The van der Waals surface area contributed by atoms with Crippen LogP contribution >= 0.6 is 0 Å². The van der Waals surface area contributed by atoms with Crippen molar-refractivity contribution in [2.45, 2.75) is 65.3 Å². The summed E-state index contributed by atoms with van der Waals surface area (Å²) in [6.45, 7) is 4.22. The number of carbonyl (C=O) groups is 4. The molecule has 172 valence electrons. The Hall–Kier alpha value is -2.50. The number of methoxy groups -OCH3 is 1. The van der Waals surface area contributed by atoms with E-state index in [-0.39, 0.29) is 53.9 Å². The molecule has 3 fully saturated rings. The van der Waals surface area contributed by atoms with Gasteiger partial charge in [0.25, 0.3) is 0 Å². The molecule has 3 aliphatic rings. The predicted molar refractivity (Wildman–Crippen MR) is 119 cm³/mol. The number of hydrogen-bond donors (Lipinski definition) is 1. The van der Waals surface area contributed by atoms with Crippen molar-refractivity contribution in [2.24, 2.45) is 28.6 Å². The molecular weight excluding hydrogens is 406 g/mol. The number of fused-ring (bicyclic) bond motifs is 3. The SMILES string of the molecule is COc1ccc(CNC(=O)CCC2(C)C(=O)CCC3C4CCC(=O)C4(C)CC(=O)C32)cc1. The highest BCUT2D eigenvalue weighted by molar-refractivity contribution is 5.99. The topological polar surface area (TPSA) is 89.5 Å². The molecule has 0 radical (unpaired) electrons. The second kappa shape index (κ2) is 8.45. The summed E-state index contributed by atoms with van der Waals surface area (Å²) in [6, 6.07) is 7.49. The summed E-state index contributed by atoms with van der Waals surface area (Å²) in [4.78, 5) is 51.4. The van der Waals surface area contributed by atoms with E-state index >= 15 is 0 Å². The Morgan fingerprint density at radius 3 is 2.44 bits per heavy atom. The average Bonchev–Trinajstić information content (AvgIpc) is 3.07. The van der Waals surface area contributed by atoms with Crippen LogP contribution in [0.2, 0.25) is 0 Å². The average molecular weight is 440 g/mol. The van der Waals surface area contributed by atoms with E-state index in [9.17, 15) is 19.2 Å². The Balaban J connectivity index is 1.42. The Kier molecular flexibility index (Phi) is 5.99. The molecule has 0 saturated heterocycles. The van der Waals surface area contributed by atoms with Gasteiger partial charge in [0.15, 0.2) is 0 Å². The summed E-state index contributed by atoms with van der Waals surface area (Å²) in [5, 5.41) is 2.92. The Morgan fingerprint density at radius 1 is 1.06 bits per heavy atom. The third-order valence-corrected chi connectivity index (χ3v) is 8.52. The van der Waals surface area contributed by atoms with Gasteiger partial charge in [-0.3, -0.25) is 19.2 Å². The second-order valence-electron chi connectivity index (χ2n) is 10.3. The van der Waals surface area contributed by atoms with Crippen molar-refractivity contribution in [1.29, 1.82) is 0 Å². The molecule has 1 aromatic rings. The minimum Gasteiger partial charge on any atom is -0.497 e.